The van der Waals surface area contributed by atoms with Crippen molar-refractivity contribution in [2.75, 3.05) is 19.0 Å². The maximum atomic E-state index is 13.8. The third kappa shape index (κ3) is 4.74. The van der Waals surface area contributed by atoms with Gasteiger partial charge in [0.1, 0.15) is 17.4 Å². The van der Waals surface area contributed by atoms with Gasteiger partial charge in [0.25, 0.3) is 0 Å². The molecule has 2 N–H and O–H groups in total. The fourth-order valence-electron chi connectivity index (χ4n) is 1.87. The zero-order valence-corrected chi connectivity index (χ0v) is 13.8. The number of halogens is 3. The molecule has 0 bridgehead atoms. The SMILES string of the molecule is COc1cc(F)c(CCNC(=S)Nc2ncccc2Cl)c(F)c1. The molecule has 0 unspecified atom stereocenters. The number of hydrogen-bond acceptors (Lipinski definition) is 3. The van der Waals surface area contributed by atoms with Crippen molar-refractivity contribution < 1.29 is 13.5 Å². The van der Waals surface area contributed by atoms with Crippen molar-refractivity contribution in [3.05, 3.63) is 52.7 Å². The molecule has 0 aliphatic heterocycles. The summed E-state index contributed by atoms with van der Waals surface area (Å²) in [6.07, 6.45) is 1.69. The highest BCUT2D eigenvalue weighted by atomic mass is 35.5. The number of thiocarbonyl (C=S) groups is 1. The van der Waals surface area contributed by atoms with Crippen LogP contribution in [-0.4, -0.2) is 23.8 Å². The van der Waals surface area contributed by atoms with Crippen LogP contribution >= 0.6 is 23.8 Å². The number of hydrogen-bond donors (Lipinski definition) is 2. The number of nitrogens with zero attached hydrogens (tertiary/aromatic N) is 1. The fourth-order valence-corrected chi connectivity index (χ4v) is 2.23. The van der Waals surface area contributed by atoms with E-state index in [4.69, 9.17) is 28.6 Å². The van der Waals surface area contributed by atoms with Gasteiger partial charge in [-0.25, -0.2) is 13.8 Å². The molecular formula is C15H14ClF2N3OS. The molecule has 23 heavy (non-hydrogen) atoms. The molecule has 122 valence electrons. The Morgan fingerprint density at radius 2 is 2.04 bits per heavy atom. The molecule has 0 aliphatic rings. The van der Waals surface area contributed by atoms with E-state index in [2.05, 4.69) is 15.6 Å². The van der Waals surface area contributed by atoms with E-state index < -0.39 is 11.6 Å². The Morgan fingerprint density at radius 1 is 1.35 bits per heavy atom. The molecule has 1 heterocycles. The summed E-state index contributed by atoms with van der Waals surface area (Å²) >= 11 is 11.0. The minimum absolute atomic E-state index is 0.0306. The molecule has 4 nitrogen and oxygen atoms in total. The van der Waals surface area contributed by atoms with Crippen LogP contribution in [0.5, 0.6) is 5.75 Å². The van der Waals surface area contributed by atoms with E-state index in [1.807, 2.05) is 0 Å². The average Bonchev–Trinajstić information content (AvgIpc) is 2.52. The maximum Gasteiger partial charge on any atom is 0.171 e. The highest BCUT2D eigenvalue weighted by Crippen LogP contribution is 2.21. The third-order valence-corrected chi connectivity index (χ3v) is 3.55. The molecule has 0 atom stereocenters. The number of anilines is 1. The number of benzene rings is 1. The van der Waals surface area contributed by atoms with E-state index >= 15 is 0 Å². The van der Waals surface area contributed by atoms with Gasteiger partial charge >= 0.3 is 0 Å². The van der Waals surface area contributed by atoms with Gasteiger partial charge in [-0.15, -0.1) is 0 Å². The van der Waals surface area contributed by atoms with Crippen molar-refractivity contribution in [3.8, 4) is 5.75 Å². The summed E-state index contributed by atoms with van der Waals surface area (Å²) in [5.74, 6) is -0.766. The van der Waals surface area contributed by atoms with Crippen LogP contribution in [0.1, 0.15) is 5.56 Å². The van der Waals surface area contributed by atoms with Crippen molar-refractivity contribution in [2.45, 2.75) is 6.42 Å². The second-order valence-corrected chi connectivity index (χ2v) is 5.35. The number of methoxy groups -OCH3 is 1. The highest BCUT2D eigenvalue weighted by molar-refractivity contribution is 7.80. The summed E-state index contributed by atoms with van der Waals surface area (Å²) in [6.45, 7) is 0.246. The largest absolute Gasteiger partial charge is 0.497 e. The molecular weight excluding hydrogens is 344 g/mol. The van der Waals surface area contributed by atoms with Crippen molar-refractivity contribution in [1.29, 1.82) is 0 Å². The summed E-state index contributed by atoms with van der Waals surface area (Å²) in [4.78, 5) is 4.03. The van der Waals surface area contributed by atoms with Crippen molar-refractivity contribution in [3.63, 3.8) is 0 Å². The summed E-state index contributed by atoms with van der Waals surface area (Å²) in [7, 11) is 1.35. The number of aromatic nitrogens is 1. The van der Waals surface area contributed by atoms with Crippen LogP contribution in [0.3, 0.4) is 0 Å². The topological polar surface area (TPSA) is 46.2 Å². The predicted molar refractivity (Wildman–Crippen MR) is 90.1 cm³/mol. The molecule has 0 saturated heterocycles. The normalized spacial score (nSPS) is 10.3. The molecule has 2 rings (SSSR count). The van der Waals surface area contributed by atoms with E-state index in [0.717, 1.165) is 12.1 Å². The highest BCUT2D eigenvalue weighted by Gasteiger charge is 2.12. The lowest BCUT2D eigenvalue weighted by Crippen LogP contribution is -2.30. The summed E-state index contributed by atoms with van der Waals surface area (Å²) < 4.78 is 32.4. The van der Waals surface area contributed by atoms with Crippen LogP contribution in [0.4, 0.5) is 14.6 Å². The van der Waals surface area contributed by atoms with Crippen LogP contribution in [0, 0.1) is 11.6 Å². The minimum Gasteiger partial charge on any atom is -0.497 e. The average molecular weight is 358 g/mol. The van der Waals surface area contributed by atoms with Crippen molar-refractivity contribution in [1.82, 2.24) is 10.3 Å². The second-order valence-electron chi connectivity index (χ2n) is 4.53. The molecule has 0 radical (unpaired) electrons. The van der Waals surface area contributed by atoms with Crippen molar-refractivity contribution >= 4 is 34.7 Å². The number of nitrogens with one attached hydrogen (secondary N) is 2. The van der Waals surface area contributed by atoms with Gasteiger partial charge in [-0.3, -0.25) is 0 Å². The molecule has 1 aromatic carbocycles. The Morgan fingerprint density at radius 3 is 2.65 bits per heavy atom. The molecule has 1 aromatic heterocycles. The Bertz CT molecular complexity index is 692. The molecule has 0 amide bonds. The zero-order valence-electron chi connectivity index (χ0n) is 12.2. The smallest absolute Gasteiger partial charge is 0.171 e. The quantitative estimate of drug-likeness (QED) is 0.801. The minimum atomic E-state index is -0.657. The van der Waals surface area contributed by atoms with Gasteiger partial charge in [0.15, 0.2) is 10.9 Å². The molecule has 0 saturated carbocycles. The molecule has 0 spiro atoms. The lowest BCUT2D eigenvalue weighted by atomic mass is 10.1. The first-order valence-corrected chi connectivity index (χ1v) is 7.47. The number of pyridine rings is 1. The molecule has 2 aromatic rings. The van der Waals surface area contributed by atoms with Gasteiger partial charge in [-0.2, -0.15) is 0 Å². The molecule has 8 heteroatoms. The number of ether oxygens (including phenoxy) is 1. The Kier molecular flexibility index (Phi) is 6.06. The summed E-state index contributed by atoms with van der Waals surface area (Å²) in [5.41, 5.74) is -0.0306. The van der Waals surface area contributed by atoms with Gasteiger partial charge in [-0.05, 0) is 30.8 Å². The van der Waals surface area contributed by atoms with Crippen LogP contribution in [0.2, 0.25) is 5.02 Å². The van der Waals surface area contributed by atoms with Gasteiger partial charge in [0.2, 0.25) is 0 Å². The monoisotopic (exact) mass is 357 g/mol. The first-order chi connectivity index (χ1) is 11.0. The lowest BCUT2D eigenvalue weighted by Gasteiger charge is -2.12. The van der Waals surface area contributed by atoms with Crippen LogP contribution in [-0.2, 0) is 6.42 Å². The second kappa shape index (κ2) is 8.03. The van der Waals surface area contributed by atoms with E-state index in [0.29, 0.717) is 10.8 Å². The van der Waals surface area contributed by atoms with E-state index in [9.17, 15) is 8.78 Å². The third-order valence-electron chi connectivity index (χ3n) is 3.00. The van der Waals surface area contributed by atoms with Crippen LogP contribution in [0.25, 0.3) is 0 Å². The van der Waals surface area contributed by atoms with Gasteiger partial charge < -0.3 is 15.4 Å². The summed E-state index contributed by atoms with van der Waals surface area (Å²) in [5, 5.41) is 6.34. The van der Waals surface area contributed by atoms with Crippen LogP contribution < -0.4 is 15.4 Å². The van der Waals surface area contributed by atoms with Gasteiger partial charge in [0.05, 0.1) is 12.1 Å². The van der Waals surface area contributed by atoms with Gasteiger partial charge in [0, 0.05) is 30.4 Å². The molecule has 0 aliphatic carbocycles. The first kappa shape index (κ1) is 17.4. The first-order valence-electron chi connectivity index (χ1n) is 6.68. The van der Waals surface area contributed by atoms with E-state index in [-0.39, 0.29) is 29.4 Å². The Labute approximate surface area is 142 Å². The van der Waals surface area contributed by atoms with Crippen molar-refractivity contribution in [2.24, 2.45) is 0 Å². The van der Waals surface area contributed by atoms with E-state index in [1.54, 1.807) is 18.3 Å². The number of rotatable bonds is 5. The lowest BCUT2D eigenvalue weighted by molar-refractivity contribution is 0.405. The fraction of sp³-hybridized carbons (Fsp3) is 0.200. The zero-order chi connectivity index (χ0) is 16.8. The van der Waals surface area contributed by atoms with Gasteiger partial charge in [-0.1, -0.05) is 11.6 Å². The van der Waals surface area contributed by atoms with Crippen LogP contribution in [0.15, 0.2) is 30.5 Å². The summed E-state index contributed by atoms with van der Waals surface area (Å²) in [6, 6.07) is 5.64. The maximum absolute atomic E-state index is 13.8. The molecule has 0 fully saturated rings. The standard InChI is InChI=1S/C15H14ClF2N3OS/c1-22-9-7-12(17)10(13(18)8-9)4-6-20-15(23)21-14-11(16)3-2-5-19-14/h2-3,5,7-8H,4,6H2,1H3,(H2,19,20,21,23). The Hall–Kier alpha value is -1.99. The van der Waals surface area contributed by atoms with E-state index in [1.165, 1.54) is 7.11 Å². The Balaban J connectivity index is 1.90. The predicted octanol–water partition coefficient (Wildman–Crippen LogP) is 3.55.